The molecule has 0 aliphatic heterocycles. The van der Waals surface area contributed by atoms with Gasteiger partial charge in [0.2, 0.25) is 0 Å². The first kappa shape index (κ1) is 31.4. The molecule has 40 heavy (non-hydrogen) atoms. The number of anilines is 1. The van der Waals surface area contributed by atoms with E-state index in [9.17, 15) is 14.4 Å². The fourth-order valence-electron chi connectivity index (χ4n) is 4.77. The minimum atomic E-state index is -0.743. The molecule has 1 aliphatic rings. The number of amides is 3. The van der Waals surface area contributed by atoms with Gasteiger partial charge in [-0.1, -0.05) is 38.1 Å². The van der Waals surface area contributed by atoms with Crippen LogP contribution < -0.4 is 16.8 Å². The average molecular weight is 573 g/mol. The average Bonchev–Trinajstić information content (AvgIpc) is 3.50. The van der Waals surface area contributed by atoms with Crippen LogP contribution in [-0.2, 0) is 33.8 Å². The van der Waals surface area contributed by atoms with Crippen LogP contribution >= 0.6 is 11.3 Å². The Morgan fingerprint density at radius 3 is 2.27 bits per heavy atom. The lowest BCUT2D eigenvalue weighted by Crippen LogP contribution is -2.48. The third kappa shape index (κ3) is 9.52. The van der Waals surface area contributed by atoms with E-state index in [1.54, 1.807) is 0 Å². The molecule has 1 heterocycles. The molecule has 9 nitrogen and oxygen atoms in total. The fraction of sp³-hybridized carbons (Fsp3) is 0.567. The molecule has 1 unspecified atom stereocenters. The summed E-state index contributed by atoms with van der Waals surface area (Å²) in [5.41, 5.74) is 13.2. The normalized spacial score (nSPS) is 14.7. The van der Waals surface area contributed by atoms with Crippen molar-refractivity contribution in [1.29, 1.82) is 0 Å². The van der Waals surface area contributed by atoms with Gasteiger partial charge in [-0.05, 0) is 76.0 Å². The van der Waals surface area contributed by atoms with Crippen molar-refractivity contribution in [3.05, 3.63) is 51.9 Å². The van der Waals surface area contributed by atoms with Crippen LogP contribution in [0.5, 0.6) is 0 Å². The summed E-state index contributed by atoms with van der Waals surface area (Å²) in [7, 11) is 0. The lowest BCUT2D eigenvalue weighted by atomic mass is 10.0. The van der Waals surface area contributed by atoms with Crippen molar-refractivity contribution in [3.8, 4) is 0 Å². The minimum Gasteiger partial charge on any atom is -0.461 e. The monoisotopic (exact) mass is 572 g/mol. The van der Waals surface area contributed by atoms with Gasteiger partial charge in [-0.3, -0.25) is 10.2 Å². The van der Waals surface area contributed by atoms with Crippen molar-refractivity contribution in [1.82, 2.24) is 4.90 Å². The maximum Gasteiger partial charge on any atom is 0.411 e. The number of nitrogens with zero attached hydrogens (tertiary/aromatic N) is 1. The van der Waals surface area contributed by atoms with E-state index in [0.717, 1.165) is 47.3 Å². The molecule has 0 radical (unpaired) electrons. The molecule has 1 fully saturated rings. The Morgan fingerprint density at radius 1 is 1.10 bits per heavy atom. The summed E-state index contributed by atoms with van der Waals surface area (Å²) < 4.78 is 11.6. The minimum absolute atomic E-state index is 0.0855. The second-order valence-electron chi connectivity index (χ2n) is 11.9. The Kier molecular flexibility index (Phi) is 11.0. The highest BCUT2D eigenvalue weighted by atomic mass is 32.1. The van der Waals surface area contributed by atoms with Crippen molar-refractivity contribution in [3.63, 3.8) is 0 Å². The second-order valence-corrected chi connectivity index (χ2v) is 13.0. The van der Waals surface area contributed by atoms with E-state index in [-0.39, 0.29) is 24.5 Å². The Labute approximate surface area is 241 Å². The Balaban J connectivity index is 1.80. The summed E-state index contributed by atoms with van der Waals surface area (Å²) in [6.45, 7) is 10.0. The molecule has 2 aromatic rings. The van der Waals surface area contributed by atoms with Gasteiger partial charge in [-0.25, -0.2) is 14.4 Å². The number of thiophene rings is 1. The van der Waals surface area contributed by atoms with E-state index in [0.29, 0.717) is 24.4 Å². The third-order valence-corrected chi connectivity index (χ3v) is 7.72. The highest BCUT2D eigenvalue weighted by Crippen LogP contribution is 2.30. The molecule has 0 bridgehead atoms. The molecule has 5 N–H and O–H groups in total. The number of nitrogens with one attached hydrogen (secondary N) is 1. The molecule has 1 saturated carbocycles. The maximum absolute atomic E-state index is 13.4. The van der Waals surface area contributed by atoms with Crippen molar-refractivity contribution in [2.75, 3.05) is 5.32 Å². The van der Waals surface area contributed by atoms with E-state index in [2.05, 4.69) is 5.32 Å². The standard InChI is InChI=1S/C30H44N4O5S/c1-19(2)14-25(27(35)38-23-8-6-7-9-23)34(29(37)39-30(3,4)5)18-21-12-10-20(11-13-21)15-24-16-22(17-31)26(40-24)33-28(32)36/h10-13,16,19,23,25H,6-9,14-15,17-18,31H2,1-5H3,(H3,32,33,36). The predicted molar refractivity (Wildman–Crippen MR) is 158 cm³/mol. The van der Waals surface area contributed by atoms with E-state index >= 15 is 0 Å². The number of rotatable bonds is 11. The van der Waals surface area contributed by atoms with Gasteiger partial charge >= 0.3 is 18.1 Å². The molecule has 3 rings (SSSR count). The third-order valence-electron chi connectivity index (χ3n) is 6.63. The van der Waals surface area contributed by atoms with Crippen LogP contribution in [0.4, 0.5) is 14.6 Å². The van der Waals surface area contributed by atoms with Crippen molar-refractivity contribution in [2.24, 2.45) is 17.4 Å². The molecule has 0 spiro atoms. The van der Waals surface area contributed by atoms with Crippen LogP contribution in [0.25, 0.3) is 0 Å². The second kappa shape index (κ2) is 14.0. The van der Waals surface area contributed by atoms with Gasteiger partial charge in [0.05, 0.1) is 0 Å². The summed E-state index contributed by atoms with van der Waals surface area (Å²) in [5, 5.41) is 3.30. The van der Waals surface area contributed by atoms with E-state index in [4.69, 9.17) is 20.9 Å². The lowest BCUT2D eigenvalue weighted by molar-refractivity contribution is -0.156. The van der Waals surface area contributed by atoms with Crippen LogP contribution in [0.3, 0.4) is 0 Å². The van der Waals surface area contributed by atoms with Gasteiger partial charge in [0, 0.05) is 30.0 Å². The van der Waals surface area contributed by atoms with Crippen molar-refractivity contribution < 1.29 is 23.9 Å². The lowest BCUT2D eigenvalue weighted by Gasteiger charge is -2.34. The summed E-state index contributed by atoms with van der Waals surface area (Å²) in [6, 6.07) is 8.53. The molecule has 220 valence electrons. The largest absolute Gasteiger partial charge is 0.461 e. The number of benzene rings is 1. The quantitative estimate of drug-likeness (QED) is 0.286. The number of carbonyl (C=O) groups excluding carboxylic acids is 3. The van der Waals surface area contributed by atoms with Crippen LogP contribution in [-0.4, -0.2) is 40.7 Å². The number of urea groups is 1. The number of primary amides is 1. The van der Waals surface area contributed by atoms with Gasteiger partial charge < -0.3 is 20.9 Å². The summed E-state index contributed by atoms with van der Waals surface area (Å²) in [6.07, 6.45) is 4.35. The van der Waals surface area contributed by atoms with Crippen molar-refractivity contribution in [2.45, 2.75) is 104 Å². The van der Waals surface area contributed by atoms with Gasteiger partial charge in [-0.2, -0.15) is 0 Å². The zero-order valence-electron chi connectivity index (χ0n) is 24.3. The summed E-state index contributed by atoms with van der Waals surface area (Å²) >= 11 is 1.44. The number of hydrogen-bond acceptors (Lipinski definition) is 7. The smallest absolute Gasteiger partial charge is 0.411 e. The Bertz CT molecular complexity index is 1150. The molecule has 1 atom stereocenters. The highest BCUT2D eigenvalue weighted by molar-refractivity contribution is 7.16. The van der Waals surface area contributed by atoms with Gasteiger partial charge in [0.25, 0.3) is 0 Å². The molecule has 3 amide bonds. The molecule has 1 aromatic heterocycles. The molecule has 1 aliphatic carbocycles. The number of nitrogens with two attached hydrogens (primary N) is 2. The van der Waals surface area contributed by atoms with E-state index < -0.39 is 23.8 Å². The van der Waals surface area contributed by atoms with Crippen LogP contribution in [0, 0.1) is 5.92 Å². The van der Waals surface area contributed by atoms with E-state index in [1.807, 2.05) is 65.0 Å². The van der Waals surface area contributed by atoms with Crippen molar-refractivity contribution >= 4 is 34.4 Å². The van der Waals surface area contributed by atoms with Crippen LogP contribution in [0.2, 0.25) is 0 Å². The summed E-state index contributed by atoms with van der Waals surface area (Å²) in [5.74, 6) is -0.191. The van der Waals surface area contributed by atoms with Crippen LogP contribution in [0.1, 0.15) is 88.3 Å². The Morgan fingerprint density at radius 2 is 1.73 bits per heavy atom. The zero-order chi connectivity index (χ0) is 29.4. The number of carbonyl (C=O) groups is 3. The first-order valence-electron chi connectivity index (χ1n) is 14.0. The number of hydrogen-bond donors (Lipinski definition) is 3. The van der Waals surface area contributed by atoms with Gasteiger partial charge in [0.15, 0.2) is 0 Å². The predicted octanol–water partition coefficient (Wildman–Crippen LogP) is 5.93. The molecule has 10 heteroatoms. The first-order valence-corrected chi connectivity index (χ1v) is 14.8. The SMILES string of the molecule is CC(C)CC(C(=O)OC1CCCC1)N(Cc1ccc(Cc2cc(CN)c(NC(N)=O)s2)cc1)C(=O)OC(C)(C)C. The summed E-state index contributed by atoms with van der Waals surface area (Å²) in [4.78, 5) is 40.7. The zero-order valence-corrected chi connectivity index (χ0v) is 25.1. The molecule has 0 saturated heterocycles. The van der Waals surface area contributed by atoms with Crippen LogP contribution in [0.15, 0.2) is 30.3 Å². The van der Waals surface area contributed by atoms with Gasteiger partial charge in [-0.15, -0.1) is 11.3 Å². The number of ether oxygens (including phenoxy) is 2. The highest BCUT2D eigenvalue weighted by Gasteiger charge is 2.36. The first-order chi connectivity index (χ1) is 18.8. The molecular formula is C30H44N4O5S. The van der Waals surface area contributed by atoms with Gasteiger partial charge in [0.1, 0.15) is 22.7 Å². The fourth-order valence-corrected chi connectivity index (χ4v) is 5.90. The maximum atomic E-state index is 13.4. The van der Waals surface area contributed by atoms with E-state index in [1.165, 1.54) is 16.2 Å². The Hall–Kier alpha value is -3.11. The number of esters is 1. The molecule has 1 aromatic carbocycles. The molecular weight excluding hydrogens is 528 g/mol. The topological polar surface area (TPSA) is 137 Å².